The Morgan fingerprint density at radius 1 is 1.06 bits per heavy atom. The lowest BCUT2D eigenvalue weighted by Crippen LogP contribution is -2.44. The molecule has 3 nitrogen and oxygen atoms in total. The fourth-order valence-corrected chi connectivity index (χ4v) is 3.81. The predicted octanol–water partition coefficient (Wildman–Crippen LogP) is 3.01. The summed E-state index contributed by atoms with van der Waals surface area (Å²) >= 11 is 0. The minimum Gasteiger partial charge on any atom is -0.212 e. The van der Waals surface area contributed by atoms with E-state index in [2.05, 4.69) is 20.8 Å². The molecule has 0 aromatic rings. The van der Waals surface area contributed by atoms with E-state index in [0.717, 1.165) is 25.7 Å². The molecule has 0 heterocycles. The summed E-state index contributed by atoms with van der Waals surface area (Å²) in [5, 5.41) is -0.301. The molecular weight excluding hydrogens is 234 g/mol. The molecule has 0 amide bonds. The smallest absolute Gasteiger partial charge is 0.212 e. The van der Waals surface area contributed by atoms with Gasteiger partial charge in [0.05, 0.1) is 5.25 Å². The van der Waals surface area contributed by atoms with E-state index in [-0.39, 0.29) is 17.3 Å². The number of hydrogen-bond acceptors (Lipinski definition) is 2. The highest BCUT2D eigenvalue weighted by Gasteiger charge is 2.41. The molecule has 102 valence electrons. The third kappa shape index (κ3) is 3.95. The zero-order chi connectivity index (χ0) is 13.2. The summed E-state index contributed by atoms with van der Waals surface area (Å²) in [7, 11) is -3.09. The van der Waals surface area contributed by atoms with Gasteiger partial charge in [0.2, 0.25) is 10.0 Å². The van der Waals surface area contributed by atoms with Crippen LogP contribution >= 0.6 is 0 Å². The van der Waals surface area contributed by atoms with Crippen molar-refractivity contribution in [2.24, 2.45) is 5.92 Å². The van der Waals surface area contributed by atoms with Crippen LogP contribution in [0.15, 0.2) is 0 Å². The molecule has 0 aromatic carbocycles. The van der Waals surface area contributed by atoms with Crippen LogP contribution in [0.25, 0.3) is 0 Å². The Bertz CT molecular complexity index is 331. The van der Waals surface area contributed by atoms with E-state index < -0.39 is 10.0 Å². The molecule has 0 aromatic heterocycles. The third-order valence-corrected chi connectivity index (χ3v) is 5.83. The average molecular weight is 261 g/mol. The quantitative estimate of drug-likeness (QED) is 0.706. The average Bonchev–Trinajstić information content (AvgIpc) is 2.98. The monoisotopic (exact) mass is 261 g/mol. The molecule has 0 saturated heterocycles. The van der Waals surface area contributed by atoms with Crippen LogP contribution in [0, 0.1) is 5.92 Å². The molecule has 1 saturated carbocycles. The van der Waals surface area contributed by atoms with Gasteiger partial charge in [0.1, 0.15) is 0 Å². The van der Waals surface area contributed by atoms with Crippen LogP contribution in [0.2, 0.25) is 0 Å². The summed E-state index contributed by atoms with van der Waals surface area (Å²) < 4.78 is 26.4. The fraction of sp³-hybridized carbons (Fsp3) is 1.00. The summed E-state index contributed by atoms with van der Waals surface area (Å²) in [4.78, 5) is 0. The van der Waals surface area contributed by atoms with Crippen molar-refractivity contribution in [2.45, 2.75) is 77.6 Å². The van der Waals surface area contributed by atoms with Gasteiger partial charge >= 0.3 is 0 Å². The molecule has 1 aliphatic carbocycles. The van der Waals surface area contributed by atoms with Crippen molar-refractivity contribution in [1.82, 2.24) is 4.31 Å². The maximum atomic E-state index is 12.3. The van der Waals surface area contributed by atoms with Gasteiger partial charge in [-0.1, -0.05) is 13.8 Å². The van der Waals surface area contributed by atoms with Gasteiger partial charge in [-0.15, -0.1) is 0 Å². The van der Waals surface area contributed by atoms with Crippen molar-refractivity contribution in [1.29, 1.82) is 0 Å². The normalized spacial score (nSPS) is 19.3. The standard InChI is InChI=1S/C13H27NO2S/c1-10(2)6-7-12(5)14(13-8-9-13)17(15,16)11(3)4/h10-13H,6-9H2,1-5H3/t12-/m1/s1. The second-order valence-corrected chi connectivity index (χ2v) is 8.37. The molecule has 0 unspecified atom stereocenters. The lowest BCUT2D eigenvalue weighted by atomic mass is 10.0. The van der Waals surface area contributed by atoms with E-state index in [1.54, 1.807) is 18.2 Å². The molecule has 1 rings (SSSR count). The Labute approximate surface area is 107 Å². The first kappa shape index (κ1) is 15.0. The molecule has 0 aliphatic heterocycles. The van der Waals surface area contributed by atoms with E-state index in [1.807, 2.05) is 0 Å². The molecule has 0 spiro atoms. The number of sulfonamides is 1. The number of hydrogen-bond donors (Lipinski definition) is 0. The van der Waals surface area contributed by atoms with E-state index >= 15 is 0 Å². The maximum Gasteiger partial charge on any atom is 0.216 e. The van der Waals surface area contributed by atoms with Gasteiger partial charge in [0.15, 0.2) is 0 Å². The molecule has 0 radical (unpaired) electrons. The van der Waals surface area contributed by atoms with Gasteiger partial charge in [0.25, 0.3) is 0 Å². The zero-order valence-electron chi connectivity index (χ0n) is 11.8. The highest BCUT2D eigenvalue weighted by atomic mass is 32.2. The molecule has 17 heavy (non-hydrogen) atoms. The van der Waals surface area contributed by atoms with E-state index in [9.17, 15) is 8.42 Å². The van der Waals surface area contributed by atoms with Crippen LogP contribution < -0.4 is 0 Å². The first-order valence-electron chi connectivity index (χ1n) is 6.79. The lowest BCUT2D eigenvalue weighted by molar-refractivity contribution is 0.296. The van der Waals surface area contributed by atoms with Gasteiger partial charge in [-0.05, 0) is 52.4 Å². The zero-order valence-corrected chi connectivity index (χ0v) is 12.6. The van der Waals surface area contributed by atoms with Gasteiger partial charge in [0, 0.05) is 12.1 Å². The van der Waals surface area contributed by atoms with Crippen LogP contribution in [0.4, 0.5) is 0 Å². The maximum absolute atomic E-state index is 12.3. The Morgan fingerprint density at radius 3 is 1.94 bits per heavy atom. The topological polar surface area (TPSA) is 37.4 Å². The highest BCUT2D eigenvalue weighted by Crippen LogP contribution is 2.34. The van der Waals surface area contributed by atoms with Crippen LogP contribution in [0.3, 0.4) is 0 Å². The Hall–Kier alpha value is -0.0900. The highest BCUT2D eigenvalue weighted by molar-refractivity contribution is 7.89. The SMILES string of the molecule is CC(C)CC[C@@H](C)N(C1CC1)S(=O)(=O)C(C)C. The second kappa shape index (κ2) is 5.70. The first-order chi connectivity index (χ1) is 7.76. The van der Waals surface area contributed by atoms with Gasteiger partial charge in [-0.25, -0.2) is 8.42 Å². The molecule has 4 heteroatoms. The van der Waals surface area contributed by atoms with Crippen molar-refractivity contribution in [3.63, 3.8) is 0 Å². The lowest BCUT2D eigenvalue weighted by Gasteiger charge is -2.30. The number of nitrogens with zero attached hydrogens (tertiary/aromatic N) is 1. The largest absolute Gasteiger partial charge is 0.216 e. The Balaban J connectivity index is 2.72. The van der Waals surface area contributed by atoms with Crippen LogP contribution in [-0.2, 0) is 10.0 Å². The molecular formula is C13H27NO2S. The first-order valence-corrected chi connectivity index (χ1v) is 8.29. The van der Waals surface area contributed by atoms with Crippen molar-refractivity contribution in [2.75, 3.05) is 0 Å². The molecule has 0 bridgehead atoms. The van der Waals surface area contributed by atoms with Gasteiger partial charge in [-0.2, -0.15) is 4.31 Å². The minimum atomic E-state index is -3.09. The van der Waals surface area contributed by atoms with Gasteiger partial charge in [-0.3, -0.25) is 0 Å². The summed E-state index contributed by atoms with van der Waals surface area (Å²) in [6.45, 7) is 9.98. The Morgan fingerprint density at radius 2 is 1.59 bits per heavy atom. The van der Waals surface area contributed by atoms with E-state index in [1.165, 1.54) is 0 Å². The number of rotatable bonds is 7. The van der Waals surface area contributed by atoms with Crippen molar-refractivity contribution in [3.8, 4) is 0 Å². The van der Waals surface area contributed by atoms with Gasteiger partial charge < -0.3 is 0 Å². The minimum absolute atomic E-state index is 0.150. The molecule has 1 atom stereocenters. The summed E-state index contributed by atoms with van der Waals surface area (Å²) in [6, 6.07) is 0.432. The predicted molar refractivity (Wildman–Crippen MR) is 72.5 cm³/mol. The van der Waals surface area contributed by atoms with Crippen molar-refractivity contribution >= 4 is 10.0 Å². The molecule has 1 fully saturated rings. The van der Waals surface area contributed by atoms with E-state index in [0.29, 0.717) is 5.92 Å². The van der Waals surface area contributed by atoms with Crippen LogP contribution in [-0.4, -0.2) is 30.1 Å². The summed E-state index contributed by atoms with van der Waals surface area (Å²) in [6.07, 6.45) is 4.15. The summed E-state index contributed by atoms with van der Waals surface area (Å²) in [5.41, 5.74) is 0. The molecule has 1 aliphatic rings. The van der Waals surface area contributed by atoms with Crippen molar-refractivity contribution in [3.05, 3.63) is 0 Å². The van der Waals surface area contributed by atoms with E-state index in [4.69, 9.17) is 0 Å². The van der Waals surface area contributed by atoms with Crippen LogP contribution in [0.5, 0.6) is 0 Å². The van der Waals surface area contributed by atoms with Crippen molar-refractivity contribution < 1.29 is 8.42 Å². The Kier molecular flexibility index (Phi) is 5.02. The molecule has 0 N–H and O–H groups in total. The summed E-state index contributed by atoms with van der Waals surface area (Å²) in [5.74, 6) is 0.639. The fourth-order valence-electron chi connectivity index (χ4n) is 2.09. The van der Waals surface area contributed by atoms with Crippen LogP contribution in [0.1, 0.15) is 60.3 Å². The second-order valence-electron chi connectivity index (χ2n) is 5.98. The third-order valence-electron chi connectivity index (χ3n) is 3.39.